The van der Waals surface area contributed by atoms with Gasteiger partial charge in [-0.1, -0.05) is 77.3 Å². The zero-order valence-electron chi connectivity index (χ0n) is 18.0. The molecule has 1 heterocycles. The lowest BCUT2D eigenvalue weighted by atomic mass is 10.1. The molecule has 0 bridgehead atoms. The molecule has 2 rings (SSSR count). The molecule has 0 fully saturated rings. The second-order valence-corrected chi connectivity index (χ2v) is 7.96. The third-order valence-corrected chi connectivity index (χ3v) is 5.64. The Hall–Kier alpha value is -1.84. The molecule has 0 atom stereocenters. The van der Waals surface area contributed by atoms with Crippen molar-refractivity contribution < 1.29 is 14.5 Å². The van der Waals surface area contributed by atoms with Crippen LogP contribution in [0.4, 0.5) is 0 Å². The molecule has 1 N–H and O–H groups in total. The molecular formula is C24H39N2O2+. The van der Waals surface area contributed by atoms with Crippen LogP contribution in [0.2, 0.25) is 0 Å². The molecule has 4 heteroatoms. The molecule has 0 spiro atoms. The highest BCUT2D eigenvalue weighted by molar-refractivity contribution is 5.86. The van der Waals surface area contributed by atoms with Crippen molar-refractivity contribution in [2.45, 2.75) is 104 Å². The predicted molar refractivity (Wildman–Crippen MR) is 116 cm³/mol. The number of carbonyl (C=O) groups is 1. The summed E-state index contributed by atoms with van der Waals surface area (Å²) in [5, 5.41) is 9.95. The lowest BCUT2D eigenvalue weighted by Crippen LogP contribution is -2.40. The molecule has 28 heavy (non-hydrogen) atoms. The van der Waals surface area contributed by atoms with E-state index in [9.17, 15) is 9.90 Å². The highest BCUT2D eigenvalue weighted by Gasteiger charge is 2.29. The van der Waals surface area contributed by atoms with Gasteiger partial charge in [-0.2, -0.15) is 0 Å². The molecule has 1 aromatic carbocycles. The largest absolute Gasteiger partial charge is 0.472 e. The number of unbranched alkanes of at least 4 members (excludes halogenated alkanes) is 10. The summed E-state index contributed by atoms with van der Waals surface area (Å²) in [7, 11) is 0. The number of carboxylic acids is 1. The van der Waals surface area contributed by atoms with Crippen LogP contribution in [-0.4, -0.2) is 15.6 Å². The third kappa shape index (κ3) is 6.35. The highest BCUT2D eigenvalue weighted by Crippen LogP contribution is 2.17. The van der Waals surface area contributed by atoms with Crippen LogP contribution in [0.3, 0.4) is 0 Å². The van der Waals surface area contributed by atoms with Gasteiger partial charge in [0.1, 0.15) is 0 Å². The maximum atomic E-state index is 12.1. The first-order chi connectivity index (χ1) is 13.7. The lowest BCUT2D eigenvalue weighted by molar-refractivity contribution is -0.675. The SMILES string of the molecule is CCCCCCCCn1c(C(=O)O)[n+](CCCCCCCC)c2ccccc21. The van der Waals surface area contributed by atoms with E-state index in [0.717, 1.165) is 37.0 Å². The van der Waals surface area contributed by atoms with E-state index in [1.165, 1.54) is 64.2 Å². The second-order valence-electron chi connectivity index (χ2n) is 7.96. The fourth-order valence-electron chi connectivity index (χ4n) is 4.08. The molecule has 0 amide bonds. The van der Waals surface area contributed by atoms with Crippen molar-refractivity contribution in [1.82, 2.24) is 4.57 Å². The molecule has 0 radical (unpaired) electrons. The summed E-state index contributed by atoms with van der Waals surface area (Å²) in [6.07, 6.45) is 14.6. The molecule has 1 aromatic heterocycles. The molecular weight excluding hydrogens is 348 g/mol. The standard InChI is InChI=1S/C24H38N2O2/c1-3-5-7-9-11-15-19-25-21-17-13-14-18-22(21)26(23(25)24(27)28)20-16-12-10-8-6-4-2/h13-14,17-18H,3-12,15-16,19-20H2,1-2H3/p+1. The van der Waals surface area contributed by atoms with Gasteiger partial charge in [-0.3, -0.25) is 0 Å². The molecule has 0 unspecified atom stereocenters. The van der Waals surface area contributed by atoms with Crippen molar-refractivity contribution in [3.63, 3.8) is 0 Å². The van der Waals surface area contributed by atoms with Crippen LogP contribution in [0.15, 0.2) is 24.3 Å². The van der Waals surface area contributed by atoms with E-state index in [2.05, 4.69) is 26.0 Å². The van der Waals surface area contributed by atoms with Gasteiger partial charge in [0.15, 0.2) is 11.0 Å². The zero-order chi connectivity index (χ0) is 20.2. The van der Waals surface area contributed by atoms with Crippen LogP contribution in [0, 0.1) is 0 Å². The fourth-order valence-corrected chi connectivity index (χ4v) is 4.08. The van der Waals surface area contributed by atoms with Crippen molar-refractivity contribution in [2.75, 3.05) is 0 Å². The topological polar surface area (TPSA) is 46.1 Å². The summed E-state index contributed by atoms with van der Waals surface area (Å²) in [5.41, 5.74) is 2.11. The molecule has 0 aliphatic carbocycles. The van der Waals surface area contributed by atoms with E-state index in [1.54, 1.807) is 0 Å². The Morgan fingerprint density at radius 1 is 0.857 bits per heavy atom. The molecule has 156 valence electrons. The Balaban J connectivity index is 2.09. The van der Waals surface area contributed by atoms with Gasteiger partial charge in [-0.15, -0.1) is 0 Å². The minimum Gasteiger partial charge on any atom is -0.472 e. The number of imidazole rings is 1. The van der Waals surface area contributed by atoms with Crippen molar-refractivity contribution in [3.8, 4) is 0 Å². The Kier molecular flexibility index (Phi) is 10.1. The van der Waals surface area contributed by atoms with Crippen molar-refractivity contribution in [1.29, 1.82) is 0 Å². The maximum absolute atomic E-state index is 12.1. The van der Waals surface area contributed by atoms with Gasteiger partial charge in [0, 0.05) is 0 Å². The van der Waals surface area contributed by atoms with E-state index in [1.807, 2.05) is 21.3 Å². The van der Waals surface area contributed by atoms with E-state index in [0.29, 0.717) is 5.82 Å². The Morgan fingerprint density at radius 3 is 2.07 bits per heavy atom. The van der Waals surface area contributed by atoms with Crippen molar-refractivity contribution >= 4 is 17.0 Å². The highest BCUT2D eigenvalue weighted by atomic mass is 16.4. The number of benzene rings is 1. The number of carboxylic acid groups (broad SMARTS) is 1. The Morgan fingerprint density at radius 2 is 1.43 bits per heavy atom. The van der Waals surface area contributed by atoms with Crippen LogP contribution in [0.25, 0.3) is 11.0 Å². The number of aryl methyl sites for hydroxylation is 2. The van der Waals surface area contributed by atoms with Gasteiger partial charge < -0.3 is 5.11 Å². The van der Waals surface area contributed by atoms with Gasteiger partial charge >= 0.3 is 11.8 Å². The van der Waals surface area contributed by atoms with Gasteiger partial charge in [0.25, 0.3) is 0 Å². The van der Waals surface area contributed by atoms with Crippen LogP contribution >= 0.6 is 0 Å². The summed E-state index contributed by atoms with van der Waals surface area (Å²) in [4.78, 5) is 12.1. The average molecular weight is 388 g/mol. The van der Waals surface area contributed by atoms with Gasteiger partial charge in [0.2, 0.25) is 0 Å². The monoisotopic (exact) mass is 387 g/mol. The number of rotatable bonds is 15. The number of fused-ring (bicyclic) bond motifs is 1. The quantitative estimate of drug-likeness (QED) is 0.286. The zero-order valence-corrected chi connectivity index (χ0v) is 18.0. The first-order valence-corrected chi connectivity index (χ1v) is 11.4. The third-order valence-electron chi connectivity index (χ3n) is 5.64. The Bertz CT molecular complexity index is 668. The van der Waals surface area contributed by atoms with E-state index >= 15 is 0 Å². The van der Waals surface area contributed by atoms with Crippen LogP contribution in [-0.2, 0) is 13.1 Å². The smallest absolute Gasteiger partial charge is 0.419 e. The summed E-state index contributed by atoms with van der Waals surface area (Å²) in [5.74, 6) is -0.364. The summed E-state index contributed by atoms with van der Waals surface area (Å²) in [6.45, 7) is 6.04. The molecule has 0 aliphatic rings. The predicted octanol–water partition coefficient (Wildman–Crippen LogP) is 6.35. The van der Waals surface area contributed by atoms with Gasteiger partial charge in [-0.05, 0) is 37.8 Å². The summed E-state index contributed by atoms with van der Waals surface area (Å²) < 4.78 is 4.07. The average Bonchev–Trinajstić information content (AvgIpc) is 3.01. The number of hydrogen-bond acceptors (Lipinski definition) is 1. The molecule has 0 aliphatic heterocycles. The van der Waals surface area contributed by atoms with Gasteiger partial charge in [-0.25, -0.2) is 13.9 Å². The molecule has 2 aromatic rings. The first kappa shape index (κ1) is 22.4. The number of hydrogen-bond donors (Lipinski definition) is 1. The van der Waals surface area contributed by atoms with E-state index < -0.39 is 5.97 Å². The number of nitrogens with zero attached hydrogens (tertiary/aromatic N) is 2. The lowest BCUT2D eigenvalue weighted by Gasteiger charge is -2.03. The van der Waals surface area contributed by atoms with E-state index in [-0.39, 0.29) is 0 Å². The maximum Gasteiger partial charge on any atom is 0.419 e. The number of aromatic nitrogens is 2. The summed E-state index contributed by atoms with van der Waals surface area (Å²) in [6, 6.07) is 8.16. The fraction of sp³-hybridized carbons (Fsp3) is 0.667. The minimum atomic E-state index is -0.812. The normalized spacial score (nSPS) is 11.4. The second kappa shape index (κ2) is 12.6. The molecule has 4 nitrogen and oxygen atoms in total. The van der Waals surface area contributed by atoms with Crippen LogP contribution in [0.5, 0.6) is 0 Å². The van der Waals surface area contributed by atoms with Gasteiger partial charge in [0.05, 0.1) is 13.1 Å². The van der Waals surface area contributed by atoms with Crippen molar-refractivity contribution in [3.05, 3.63) is 30.1 Å². The first-order valence-electron chi connectivity index (χ1n) is 11.4. The molecule has 0 saturated heterocycles. The number of aromatic carboxylic acids is 1. The van der Waals surface area contributed by atoms with Crippen LogP contribution in [0.1, 0.15) is 102 Å². The van der Waals surface area contributed by atoms with E-state index in [4.69, 9.17) is 0 Å². The van der Waals surface area contributed by atoms with Crippen molar-refractivity contribution in [2.24, 2.45) is 0 Å². The summed E-state index contributed by atoms with van der Waals surface area (Å²) >= 11 is 0. The minimum absolute atomic E-state index is 0.448. The van der Waals surface area contributed by atoms with Crippen LogP contribution < -0.4 is 4.57 Å². The molecule has 0 saturated carbocycles. The number of para-hydroxylation sites is 2. The Labute approximate surface area is 170 Å².